The SMILES string of the molecule is CCc1ccccc1N/N=C/c1ccncc1. The minimum atomic E-state index is 0.994. The number of hydrogen-bond acceptors (Lipinski definition) is 3. The second-order valence-corrected chi connectivity index (χ2v) is 3.66. The maximum Gasteiger partial charge on any atom is 0.0593 e. The molecule has 1 N–H and O–H groups in total. The molecule has 1 aromatic heterocycles. The Morgan fingerprint density at radius 2 is 1.94 bits per heavy atom. The van der Waals surface area contributed by atoms with Crippen LogP contribution in [0.25, 0.3) is 0 Å². The van der Waals surface area contributed by atoms with E-state index in [0.29, 0.717) is 0 Å². The molecule has 0 unspecified atom stereocenters. The molecule has 0 saturated carbocycles. The van der Waals surface area contributed by atoms with Crippen molar-refractivity contribution in [2.75, 3.05) is 5.43 Å². The summed E-state index contributed by atoms with van der Waals surface area (Å²) in [5.74, 6) is 0. The fraction of sp³-hybridized carbons (Fsp3) is 0.143. The Morgan fingerprint density at radius 3 is 2.71 bits per heavy atom. The first kappa shape index (κ1) is 11.3. The zero-order valence-electron chi connectivity index (χ0n) is 9.80. The van der Waals surface area contributed by atoms with Crippen LogP contribution in [0.3, 0.4) is 0 Å². The molecule has 1 aromatic carbocycles. The molecule has 1 heterocycles. The van der Waals surface area contributed by atoms with Gasteiger partial charge < -0.3 is 0 Å². The number of hydrogen-bond donors (Lipinski definition) is 1. The van der Waals surface area contributed by atoms with Crippen molar-refractivity contribution in [3.63, 3.8) is 0 Å². The van der Waals surface area contributed by atoms with E-state index in [1.807, 2.05) is 30.3 Å². The van der Waals surface area contributed by atoms with Crippen LogP contribution in [-0.2, 0) is 6.42 Å². The third-order valence-electron chi connectivity index (χ3n) is 2.50. The van der Waals surface area contributed by atoms with E-state index in [2.05, 4.69) is 28.5 Å². The lowest BCUT2D eigenvalue weighted by Gasteiger charge is -2.05. The van der Waals surface area contributed by atoms with Crippen LogP contribution < -0.4 is 5.43 Å². The molecule has 0 saturated heterocycles. The number of benzene rings is 1. The number of nitrogens with one attached hydrogen (secondary N) is 1. The standard InChI is InChI=1S/C14H15N3/c1-2-13-5-3-4-6-14(13)17-16-11-12-7-9-15-10-8-12/h3-11,17H,2H2,1H3/b16-11+. The molecule has 17 heavy (non-hydrogen) atoms. The molecule has 2 rings (SSSR count). The topological polar surface area (TPSA) is 37.3 Å². The molecule has 0 fully saturated rings. The van der Waals surface area contributed by atoms with Gasteiger partial charge in [0.05, 0.1) is 11.9 Å². The van der Waals surface area contributed by atoms with Gasteiger partial charge in [-0.1, -0.05) is 25.1 Å². The lowest BCUT2D eigenvalue weighted by atomic mass is 10.1. The molecule has 0 radical (unpaired) electrons. The van der Waals surface area contributed by atoms with E-state index >= 15 is 0 Å². The predicted molar refractivity (Wildman–Crippen MR) is 71.3 cm³/mol. The first-order valence-corrected chi connectivity index (χ1v) is 5.67. The monoisotopic (exact) mass is 225 g/mol. The van der Waals surface area contributed by atoms with Gasteiger partial charge >= 0.3 is 0 Å². The van der Waals surface area contributed by atoms with E-state index in [9.17, 15) is 0 Å². The van der Waals surface area contributed by atoms with Gasteiger partial charge in [0.2, 0.25) is 0 Å². The summed E-state index contributed by atoms with van der Waals surface area (Å²) in [5, 5.41) is 4.22. The number of nitrogens with zero attached hydrogens (tertiary/aromatic N) is 2. The number of para-hydroxylation sites is 1. The van der Waals surface area contributed by atoms with Gasteiger partial charge in [-0.15, -0.1) is 0 Å². The van der Waals surface area contributed by atoms with Crippen molar-refractivity contribution in [3.05, 3.63) is 59.9 Å². The maximum absolute atomic E-state index is 4.22. The highest BCUT2D eigenvalue weighted by atomic mass is 15.3. The minimum Gasteiger partial charge on any atom is -0.278 e. The first-order chi connectivity index (χ1) is 8.40. The van der Waals surface area contributed by atoms with E-state index < -0.39 is 0 Å². The van der Waals surface area contributed by atoms with Crippen molar-refractivity contribution in [2.24, 2.45) is 5.10 Å². The van der Waals surface area contributed by atoms with Gasteiger partial charge in [-0.05, 0) is 35.7 Å². The number of rotatable bonds is 4. The average Bonchev–Trinajstić information content (AvgIpc) is 2.40. The molecule has 3 nitrogen and oxygen atoms in total. The molecule has 0 aliphatic rings. The van der Waals surface area contributed by atoms with Crippen LogP contribution in [0.4, 0.5) is 5.69 Å². The van der Waals surface area contributed by atoms with E-state index in [4.69, 9.17) is 0 Å². The van der Waals surface area contributed by atoms with Crippen LogP contribution in [-0.4, -0.2) is 11.2 Å². The summed E-state index contributed by atoms with van der Waals surface area (Å²) in [7, 11) is 0. The Kier molecular flexibility index (Phi) is 3.86. The van der Waals surface area contributed by atoms with Gasteiger partial charge in [0.25, 0.3) is 0 Å². The Hall–Kier alpha value is -2.16. The van der Waals surface area contributed by atoms with Crippen molar-refractivity contribution in [1.82, 2.24) is 4.98 Å². The number of anilines is 1. The molecular weight excluding hydrogens is 210 g/mol. The molecule has 86 valence electrons. The van der Waals surface area contributed by atoms with Crippen molar-refractivity contribution >= 4 is 11.9 Å². The van der Waals surface area contributed by atoms with Gasteiger partial charge in [-0.25, -0.2) is 0 Å². The number of aromatic nitrogens is 1. The summed E-state index contributed by atoms with van der Waals surface area (Å²) in [5.41, 5.74) is 6.41. The summed E-state index contributed by atoms with van der Waals surface area (Å²) >= 11 is 0. The van der Waals surface area contributed by atoms with Gasteiger partial charge in [0, 0.05) is 12.4 Å². The van der Waals surface area contributed by atoms with E-state index in [0.717, 1.165) is 17.7 Å². The van der Waals surface area contributed by atoms with Crippen LogP contribution >= 0.6 is 0 Å². The molecule has 2 aromatic rings. The molecular formula is C14H15N3. The summed E-state index contributed by atoms with van der Waals surface area (Å²) in [6.45, 7) is 2.13. The molecule has 0 amide bonds. The lowest BCUT2D eigenvalue weighted by molar-refractivity contribution is 1.13. The van der Waals surface area contributed by atoms with Crippen LogP contribution in [0.1, 0.15) is 18.1 Å². The molecule has 3 heteroatoms. The van der Waals surface area contributed by atoms with Gasteiger partial charge in [-0.2, -0.15) is 5.10 Å². The Bertz CT molecular complexity index is 492. The van der Waals surface area contributed by atoms with Crippen LogP contribution in [0.5, 0.6) is 0 Å². The minimum absolute atomic E-state index is 0.994. The second-order valence-electron chi connectivity index (χ2n) is 3.66. The maximum atomic E-state index is 4.22. The van der Waals surface area contributed by atoms with Crippen molar-refractivity contribution < 1.29 is 0 Å². The van der Waals surface area contributed by atoms with Crippen molar-refractivity contribution in [2.45, 2.75) is 13.3 Å². The van der Waals surface area contributed by atoms with Crippen molar-refractivity contribution in [1.29, 1.82) is 0 Å². The normalized spacial score (nSPS) is 10.6. The smallest absolute Gasteiger partial charge is 0.0593 e. The molecule has 0 spiro atoms. The first-order valence-electron chi connectivity index (χ1n) is 5.67. The van der Waals surface area contributed by atoms with E-state index in [1.54, 1.807) is 18.6 Å². The van der Waals surface area contributed by atoms with Gasteiger partial charge in [-0.3, -0.25) is 10.4 Å². The highest BCUT2D eigenvalue weighted by Crippen LogP contribution is 2.14. The zero-order chi connectivity index (χ0) is 11.9. The quantitative estimate of drug-likeness (QED) is 0.641. The summed E-state index contributed by atoms with van der Waals surface area (Å²) in [6, 6.07) is 12.0. The number of aryl methyl sites for hydroxylation is 1. The summed E-state index contributed by atoms with van der Waals surface area (Å²) in [4.78, 5) is 3.96. The third kappa shape index (κ3) is 3.14. The Morgan fingerprint density at radius 1 is 1.18 bits per heavy atom. The molecule has 0 atom stereocenters. The predicted octanol–water partition coefficient (Wildman–Crippen LogP) is 3.09. The fourth-order valence-electron chi connectivity index (χ4n) is 1.56. The van der Waals surface area contributed by atoms with Crippen LogP contribution in [0.15, 0.2) is 53.9 Å². The number of pyridine rings is 1. The highest BCUT2D eigenvalue weighted by molar-refractivity contribution is 5.79. The average molecular weight is 225 g/mol. The zero-order valence-corrected chi connectivity index (χ0v) is 9.80. The summed E-state index contributed by atoms with van der Waals surface area (Å²) < 4.78 is 0. The summed E-state index contributed by atoms with van der Waals surface area (Å²) in [6.07, 6.45) is 6.28. The van der Waals surface area contributed by atoms with Gasteiger partial charge in [0.1, 0.15) is 0 Å². The largest absolute Gasteiger partial charge is 0.278 e. The van der Waals surface area contributed by atoms with Crippen molar-refractivity contribution in [3.8, 4) is 0 Å². The van der Waals surface area contributed by atoms with Gasteiger partial charge in [0.15, 0.2) is 0 Å². The highest BCUT2D eigenvalue weighted by Gasteiger charge is 1.96. The third-order valence-corrected chi connectivity index (χ3v) is 2.50. The van der Waals surface area contributed by atoms with E-state index in [-0.39, 0.29) is 0 Å². The lowest BCUT2D eigenvalue weighted by Crippen LogP contribution is -1.94. The Labute approximate surface area is 101 Å². The molecule has 0 aliphatic carbocycles. The van der Waals surface area contributed by atoms with Crippen LogP contribution in [0.2, 0.25) is 0 Å². The Balaban J connectivity index is 2.05. The number of hydrazone groups is 1. The second kappa shape index (κ2) is 5.80. The van der Waals surface area contributed by atoms with Crippen LogP contribution in [0, 0.1) is 0 Å². The molecule has 0 aliphatic heterocycles. The molecule has 0 bridgehead atoms. The van der Waals surface area contributed by atoms with E-state index in [1.165, 1.54) is 5.56 Å². The fourth-order valence-corrected chi connectivity index (χ4v) is 1.56.